The van der Waals surface area contributed by atoms with Crippen LogP contribution >= 0.6 is 0 Å². The molecule has 0 bridgehead atoms. The maximum absolute atomic E-state index is 5.10. The summed E-state index contributed by atoms with van der Waals surface area (Å²) in [5, 5.41) is 0. The summed E-state index contributed by atoms with van der Waals surface area (Å²) in [7, 11) is 0. The normalized spacial score (nSPS) is 14.4. The molecule has 2 heteroatoms. The topological polar surface area (TPSA) is 15.6 Å². The summed E-state index contributed by atoms with van der Waals surface area (Å²) in [6.07, 6.45) is 0. The lowest BCUT2D eigenvalue weighted by molar-refractivity contribution is 1.15. The van der Waals surface area contributed by atoms with Crippen LogP contribution in [0.2, 0.25) is 0 Å². The van der Waals surface area contributed by atoms with Crippen molar-refractivity contribution in [3.8, 4) is 0 Å². The first-order valence-electron chi connectivity index (χ1n) is 9.11. The average molecular weight is 350 g/mol. The molecule has 3 aromatic carbocycles. The number of aliphatic imine (C=N–C) groups is 1. The number of benzene rings is 3. The van der Waals surface area contributed by atoms with E-state index in [-0.39, 0.29) is 0 Å². The van der Waals surface area contributed by atoms with E-state index < -0.39 is 0 Å². The Kier molecular flexibility index (Phi) is 4.47. The number of amidine groups is 1. The Morgan fingerprint density at radius 3 is 1.85 bits per heavy atom. The molecule has 3 aromatic rings. The number of nitrogens with zero attached hydrogens (tertiary/aromatic N) is 2. The number of anilines is 1. The Bertz CT molecular complexity index is 1030. The Morgan fingerprint density at radius 1 is 0.704 bits per heavy atom. The van der Waals surface area contributed by atoms with Gasteiger partial charge >= 0.3 is 0 Å². The molecule has 1 aliphatic rings. The van der Waals surface area contributed by atoms with Crippen molar-refractivity contribution in [1.82, 2.24) is 0 Å². The molecular formula is C25H22N2. The van der Waals surface area contributed by atoms with Crippen LogP contribution in [0.25, 0.3) is 5.70 Å². The predicted octanol–water partition coefficient (Wildman–Crippen LogP) is 6.21. The van der Waals surface area contributed by atoms with Crippen molar-refractivity contribution in [2.45, 2.75) is 13.8 Å². The van der Waals surface area contributed by atoms with E-state index in [1.807, 2.05) is 36.4 Å². The van der Waals surface area contributed by atoms with Gasteiger partial charge in [0.15, 0.2) is 0 Å². The van der Waals surface area contributed by atoms with E-state index in [4.69, 9.17) is 4.99 Å². The third kappa shape index (κ3) is 3.22. The van der Waals surface area contributed by atoms with E-state index in [1.165, 1.54) is 5.56 Å². The van der Waals surface area contributed by atoms with Gasteiger partial charge in [-0.2, -0.15) is 0 Å². The molecule has 0 saturated carbocycles. The minimum atomic E-state index is 0.897. The molecule has 0 unspecified atom stereocenters. The summed E-state index contributed by atoms with van der Waals surface area (Å²) in [4.78, 5) is 7.24. The van der Waals surface area contributed by atoms with E-state index in [9.17, 15) is 0 Å². The second-order valence-corrected chi connectivity index (χ2v) is 6.76. The standard InChI is InChI=1S/C25H22N2/c1-18-14-16-23(17-15-18)27-20(3)19(2)24(21-10-6-4-7-11-21)26-25(27)22-12-8-5-9-13-22/h4-17H,3H2,1-2H3. The summed E-state index contributed by atoms with van der Waals surface area (Å²) in [5.41, 5.74) is 7.49. The van der Waals surface area contributed by atoms with Crippen molar-refractivity contribution < 1.29 is 0 Å². The first-order valence-corrected chi connectivity index (χ1v) is 9.11. The molecular weight excluding hydrogens is 328 g/mol. The zero-order valence-electron chi connectivity index (χ0n) is 15.7. The highest BCUT2D eigenvalue weighted by Gasteiger charge is 2.26. The molecule has 0 fully saturated rings. The highest BCUT2D eigenvalue weighted by atomic mass is 15.2. The van der Waals surface area contributed by atoms with Crippen molar-refractivity contribution in [3.63, 3.8) is 0 Å². The van der Waals surface area contributed by atoms with Gasteiger partial charge in [0.25, 0.3) is 0 Å². The number of rotatable bonds is 3. The van der Waals surface area contributed by atoms with Crippen LogP contribution in [0.4, 0.5) is 5.69 Å². The lowest BCUT2D eigenvalue weighted by atomic mass is 10.0. The lowest BCUT2D eigenvalue weighted by Crippen LogP contribution is -2.34. The van der Waals surface area contributed by atoms with Crippen LogP contribution in [0, 0.1) is 6.92 Å². The van der Waals surface area contributed by atoms with Gasteiger partial charge in [0, 0.05) is 22.5 Å². The second-order valence-electron chi connectivity index (χ2n) is 6.76. The lowest BCUT2D eigenvalue weighted by Gasteiger charge is -2.33. The largest absolute Gasteiger partial charge is 0.295 e. The Morgan fingerprint density at radius 2 is 1.26 bits per heavy atom. The van der Waals surface area contributed by atoms with E-state index in [2.05, 4.69) is 73.9 Å². The maximum atomic E-state index is 5.10. The van der Waals surface area contributed by atoms with E-state index >= 15 is 0 Å². The molecule has 1 heterocycles. The number of allylic oxidation sites excluding steroid dienone is 1. The fourth-order valence-corrected chi connectivity index (χ4v) is 3.30. The molecule has 0 N–H and O–H groups in total. The molecule has 0 aromatic heterocycles. The van der Waals surface area contributed by atoms with E-state index in [0.717, 1.165) is 39.6 Å². The third-order valence-corrected chi connectivity index (χ3v) is 4.86. The van der Waals surface area contributed by atoms with Crippen LogP contribution in [-0.2, 0) is 0 Å². The quantitative estimate of drug-likeness (QED) is 0.548. The number of aryl methyl sites for hydroxylation is 1. The van der Waals surface area contributed by atoms with Gasteiger partial charge in [-0.05, 0) is 31.6 Å². The SMILES string of the molecule is C=C1C(C)=C(c2ccccc2)N=C(c2ccccc2)N1c1ccc(C)cc1. The van der Waals surface area contributed by atoms with Crippen molar-refractivity contribution in [3.05, 3.63) is 119 Å². The van der Waals surface area contributed by atoms with Crippen LogP contribution in [0.3, 0.4) is 0 Å². The molecule has 1 aliphatic heterocycles. The molecule has 0 atom stereocenters. The van der Waals surface area contributed by atoms with Gasteiger partial charge in [0.1, 0.15) is 5.84 Å². The van der Waals surface area contributed by atoms with Gasteiger partial charge in [-0.25, -0.2) is 4.99 Å². The fourth-order valence-electron chi connectivity index (χ4n) is 3.30. The van der Waals surface area contributed by atoms with Gasteiger partial charge < -0.3 is 0 Å². The van der Waals surface area contributed by atoms with Gasteiger partial charge in [-0.1, -0.05) is 84.9 Å². The summed E-state index contributed by atoms with van der Waals surface area (Å²) >= 11 is 0. The van der Waals surface area contributed by atoms with E-state index in [0.29, 0.717) is 0 Å². The van der Waals surface area contributed by atoms with Crippen molar-refractivity contribution in [2.24, 2.45) is 4.99 Å². The molecule has 0 spiro atoms. The van der Waals surface area contributed by atoms with Crippen LogP contribution in [0.15, 0.2) is 108 Å². The van der Waals surface area contributed by atoms with Gasteiger partial charge in [0.05, 0.1) is 5.70 Å². The molecule has 132 valence electrons. The molecule has 2 nitrogen and oxygen atoms in total. The Hall–Kier alpha value is -3.39. The first-order chi connectivity index (χ1) is 13.1. The van der Waals surface area contributed by atoms with Crippen molar-refractivity contribution >= 4 is 17.2 Å². The maximum Gasteiger partial charge on any atom is 0.145 e. The van der Waals surface area contributed by atoms with Gasteiger partial charge in [0.2, 0.25) is 0 Å². The highest BCUT2D eigenvalue weighted by Crippen LogP contribution is 2.35. The summed E-state index contributed by atoms with van der Waals surface area (Å²) in [6, 6.07) is 29.1. The van der Waals surface area contributed by atoms with Crippen molar-refractivity contribution in [2.75, 3.05) is 4.90 Å². The Labute approximate surface area is 160 Å². The summed E-state index contributed by atoms with van der Waals surface area (Å²) < 4.78 is 0. The smallest absolute Gasteiger partial charge is 0.145 e. The minimum absolute atomic E-state index is 0.897. The molecule has 0 radical (unpaired) electrons. The molecule has 0 amide bonds. The predicted molar refractivity (Wildman–Crippen MR) is 115 cm³/mol. The van der Waals surface area contributed by atoms with Crippen molar-refractivity contribution in [1.29, 1.82) is 0 Å². The van der Waals surface area contributed by atoms with Crippen LogP contribution in [0.5, 0.6) is 0 Å². The van der Waals surface area contributed by atoms with Crippen LogP contribution in [0.1, 0.15) is 23.6 Å². The number of hydrogen-bond acceptors (Lipinski definition) is 2. The number of hydrogen-bond donors (Lipinski definition) is 0. The fraction of sp³-hybridized carbons (Fsp3) is 0.0800. The molecule has 0 saturated heterocycles. The van der Waals surface area contributed by atoms with Crippen LogP contribution in [-0.4, -0.2) is 5.84 Å². The van der Waals surface area contributed by atoms with Gasteiger partial charge in [-0.15, -0.1) is 0 Å². The summed E-state index contributed by atoms with van der Waals surface area (Å²) in [5.74, 6) is 0.897. The third-order valence-electron chi connectivity index (χ3n) is 4.86. The van der Waals surface area contributed by atoms with Crippen LogP contribution < -0.4 is 4.90 Å². The first kappa shape index (κ1) is 17.0. The molecule has 0 aliphatic carbocycles. The monoisotopic (exact) mass is 350 g/mol. The second kappa shape index (κ2) is 7.08. The Balaban J connectivity index is 1.91. The van der Waals surface area contributed by atoms with Gasteiger partial charge in [-0.3, -0.25) is 4.90 Å². The average Bonchev–Trinajstić information content (AvgIpc) is 2.72. The summed E-state index contributed by atoms with van der Waals surface area (Å²) in [6.45, 7) is 8.61. The highest BCUT2D eigenvalue weighted by molar-refractivity contribution is 6.16. The van der Waals surface area contributed by atoms with E-state index in [1.54, 1.807) is 0 Å². The molecule has 27 heavy (non-hydrogen) atoms. The zero-order chi connectivity index (χ0) is 18.8. The molecule has 4 rings (SSSR count). The minimum Gasteiger partial charge on any atom is -0.295 e. The zero-order valence-corrected chi connectivity index (χ0v) is 15.7.